The van der Waals surface area contributed by atoms with Crippen molar-refractivity contribution in [3.8, 4) is 23.0 Å². The fourth-order valence-electron chi connectivity index (χ4n) is 3.50. The Morgan fingerprint density at radius 2 is 1.77 bits per heavy atom. The largest absolute Gasteiger partial charge is 0.507 e. The van der Waals surface area contributed by atoms with Crippen molar-refractivity contribution in [2.45, 2.75) is 37.1 Å². The van der Waals surface area contributed by atoms with Crippen LogP contribution in [-0.2, 0) is 4.74 Å². The van der Waals surface area contributed by atoms with Crippen molar-refractivity contribution in [2.75, 3.05) is 13.7 Å². The first-order chi connectivity index (χ1) is 14.4. The van der Waals surface area contributed by atoms with Crippen molar-refractivity contribution in [3.63, 3.8) is 0 Å². The maximum atomic E-state index is 12.6. The molecule has 1 fully saturated rings. The lowest BCUT2D eigenvalue weighted by atomic mass is 9.95. The van der Waals surface area contributed by atoms with Gasteiger partial charge in [0.05, 0.1) is 20.1 Å². The number of ketones is 1. The summed E-state index contributed by atoms with van der Waals surface area (Å²) in [6.45, 7) is -0.228. The lowest BCUT2D eigenvalue weighted by Gasteiger charge is -2.35. The Labute approximate surface area is 172 Å². The van der Waals surface area contributed by atoms with Crippen molar-refractivity contribution in [1.82, 2.24) is 0 Å². The van der Waals surface area contributed by atoms with Gasteiger partial charge in [-0.25, -0.2) is 0 Å². The van der Waals surface area contributed by atoms with Crippen molar-refractivity contribution in [2.24, 2.45) is 0 Å². The Morgan fingerprint density at radius 1 is 1.03 bits per heavy atom. The highest BCUT2D eigenvalue weighted by Crippen LogP contribution is 2.42. The zero-order chi connectivity index (χ0) is 21.4. The fraction of sp³-hybridized carbons (Fsp3) is 0.381. The van der Waals surface area contributed by atoms with Crippen molar-refractivity contribution >= 4 is 5.78 Å². The predicted molar refractivity (Wildman–Crippen MR) is 102 cm³/mol. The van der Waals surface area contributed by atoms with E-state index in [-0.39, 0.29) is 41.6 Å². The predicted octanol–water partition coefficient (Wildman–Crippen LogP) is 0.925. The van der Waals surface area contributed by atoms with E-state index in [9.17, 15) is 25.2 Å². The Hall–Kier alpha value is -2.85. The molecule has 160 valence electrons. The molecular formula is C21H22O9. The van der Waals surface area contributed by atoms with E-state index < -0.39 is 30.7 Å². The summed E-state index contributed by atoms with van der Waals surface area (Å²) in [7, 11) is 1.56. The van der Waals surface area contributed by atoms with Crippen LogP contribution in [0.5, 0.6) is 23.0 Å². The van der Waals surface area contributed by atoms with Crippen LogP contribution in [0.4, 0.5) is 0 Å². The van der Waals surface area contributed by atoms with Gasteiger partial charge in [0.25, 0.3) is 0 Å². The molecule has 0 amide bonds. The number of rotatable bonds is 4. The molecule has 5 atom stereocenters. The molecule has 1 saturated heterocycles. The SMILES string of the molecule is COc1ccc([C@@H]2CC(=O)c3c(O)cc(O[C@@H]4OC[C@@H](O)[C@H](O)[C@H]4O)cc3O2)cc1. The standard InChI is InChI=1S/C21H22O9/c1-27-11-4-2-10(3-5-11)16-8-14(23)18-13(22)6-12(7-17(18)30-16)29-21-20(26)19(25)15(24)9-28-21/h2-7,15-16,19-22,24-26H,8-9H2,1H3/t15-,16+,19+,20-,21+/m1/s1. The summed E-state index contributed by atoms with van der Waals surface area (Å²) in [6.07, 6.45) is -5.94. The average Bonchev–Trinajstić information content (AvgIpc) is 2.73. The Kier molecular flexibility index (Phi) is 5.52. The first-order valence-corrected chi connectivity index (χ1v) is 9.40. The number of fused-ring (bicyclic) bond motifs is 1. The fourth-order valence-corrected chi connectivity index (χ4v) is 3.50. The Bertz CT molecular complexity index is 927. The Morgan fingerprint density at radius 3 is 2.47 bits per heavy atom. The van der Waals surface area contributed by atoms with Gasteiger partial charge in [-0.2, -0.15) is 0 Å². The van der Waals surface area contributed by atoms with E-state index in [4.69, 9.17) is 18.9 Å². The molecule has 9 heteroatoms. The molecule has 0 aromatic heterocycles. The van der Waals surface area contributed by atoms with Crippen molar-refractivity contribution < 1.29 is 44.2 Å². The summed E-state index contributed by atoms with van der Waals surface area (Å²) in [6, 6.07) is 9.73. The van der Waals surface area contributed by atoms with Crippen LogP contribution in [0.25, 0.3) is 0 Å². The maximum Gasteiger partial charge on any atom is 0.228 e. The molecule has 2 aromatic rings. The third kappa shape index (κ3) is 3.80. The van der Waals surface area contributed by atoms with Gasteiger partial charge in [-0.3, -0.25) is 4.79 Å². The van der Waals surface area contributed by atoms with E-state index in [1.165, 1.54) is 12.1 Å². The number of carbonyl (C=O) groups excluding carboxylic acids is 1. The summed E-state index contributed by atoms with van der Waals surface area (Å²) in [5.41, 5.74) is 0.816. The van der Waals surface area contributed by atoms with Crippen LogP contribution < -0.4 is 14.2 Å². The van der Waals surface area contributed by atoms with Crippen molar-refractivity contribution in [3.05, 3.63) is 47.5 Å². The maximum absolute atomic E-state index is 12.6. The minimum absolute atomic E-state index is 0.0488. The first-order valence-electron chi connectivity index (χ1n) is 9.40. The number of methoxy groups -OCH3 is 1. The number of hydrogen-bond acceptors (Lipinski definition) is 9. The molecule has 2 aliphatic heterocycles. The Balaban J connectivity index is 1.57. The summed E-state index contributed by atoms with van der Waals surface area (Å²) in [5.74, 6) is 0.267. The van der Waals surface area contributed by atoms with E-state index in [0.717, 1.165) is 5.56 Å². The number of hydrogen-bond donors (Lipinski definition) is 4. The summed E-state index contributed by atoms with van der Waals surface area (Å²) < 4.78 is 21.8. The molecule has 0 unspecified atom stereocenters. The van der Waals surface area contributed by atoms with Crippen LogP contribution in [-0.4, -0.2) is 64.5 Å². The topological polar surface area (TPSA) is 135 Å². The summed E-state index contributed by atoms with van der Waals surface area (Å²) >= 11 is 0. The quantitative estimate of drug-likeness (QED) is 0.572. The van der Waals surface area contributed by atoms with Crippen LogP contribution in [0.1, 0.15) is 28.4 Å². The first kappa shape index (κ1) is 20.4. The number of ether oxygens (including phenoxy) is 4. The summed E-state index contributed by atoms with van der Waals surface area (Å²) in [5, 5.41) is 39.7. The van der Waals surface area contributed by atoms with Gasteiger partial charge in [0, 0.05) is 12.1 Å². The lowest BCUT2D eigenvalue weighted by molar-refractivity contribution is -0.242. The minimum atomic E-state index is -1.50. The van der Waals surface area contributed by atoms with Gasteiger partial charge in [0.2, 0.25) is 6.29 Å². The zero-order valence-electron chi connectivity index (χ0n) is 16.1. The van der Waals surface area contributed by atoms with Crippen LogP contribution >= 0.6 is 0 Å². The number of aromatic hydroxyl groups is 1. The minimum Gasteiger partial charge on any atom is -0.507 e. The van der Waals surface area contributed by atoms with Gasteiger partial charge >= 0.3 is 0 Å². The molecule has 4 rings (SSSR count). The smallest absolute Gasteiger partial charge is 0.228 e. The van der Waals surface area contributed by atoms with E-state index in [1.54, 1.807) is 31.4 Å². The number of phenolic OH excluding ortho intramolecular Hbond substituents is 1. The monoisotopic (exact) mass is 418 g/mol. The van der Waals surface area contributed by atoms with Gasteiger partial charge in [0.1, 0.15) is 53.0 Å². The van der Waals surface area contributed by atoms with Gasteiger partial charge in [-0.1, -0.05) is 12.1 Å². The highest BCUT2D eigenvalue weighted by atomic mass is 16.7. The molecule has 9 nitrogen and oxygen atoms in total. The molecular weight excluding hydrogens is 396 g/mol. The highest BCUT2D eigenvalue weighted by molar-refractivity contribution is 6.02. The molecule has 2 aliphatic rings. The number of aliphatic hydroxyl groups excluding tert-OH is 3. The normalized spacial score (nSPS) is 28.4. The molecule has 0 aliphatic carbocycles. The van der Waals surface area contributed by atoms with Gasteiger partial charge < -0.3 is 39.4 Å². The molecule has 0 spiro atoms. The lowest BCUT2D eigenvalue weighted by Crippen LogP contribution is -2.54. The van der Waals surface area contributed by atoms with E-state index >= 15 is 0 Å². The van der Waals surface area contributed by atoms with E-state index in [2.05, 4.69) is 0 Å². The number of Topliss-reactive ketones (excluding diaryl/α,β-unsaturated/α-hetero) is 1. The average molecular weight is 418 g/mol. The molecule has 0 bridgehead atoms. The van der Waals surface area contributed by atoms with Gasteiger partial charge in [-0.15, -0.1) is 0 Å². The number of phenols is 1. The molecule has 4 N–H and O–H groups in total. The number of benzene rings is 2. The van der Waals surface area contributed by atoms with Crippen LogP contribution in [0.3, 0.4) is 0 Å². The molecule has 0 radical (unpaired) electrons. The summed E-state index contributed by atoms with van der Waals surface area (Å²) in [4.78, 5) is 12.6. The molecule has 0 saturated carbocycles. The second-order valence-electron chi connectivity index (χ2n) is 7.19. The van der Waals surface area contributed by atoms with E-state index in [1.807, 2.05) is 0 Å². The second kappa shape index (κ2) is 8.11. The van der Waals surface area contributed by atoms with Gasteiger partial charge in [-0.05, 0) is 17.7 Å². The van der Waals surface area contributed by atoms with Crippen LogP contribution in [0.2, 0.25) is 0 Å². The van der Waals surface area contributed by atoms with Gasteiger partial charge in [0.15, 0.2) is 5.78 Å². The molecule has 30 heavy (non-hydrogen) atoms. The van der Waals surface area contributed by atoms with E-state index in [0.29, 0.717) is 5.75 Å². The third-order valence-electron chi connectivity index (χ3n) is 5.17. The van der Waals surface area contributed by atoms with Crippen molar-refractivity contribution in [1.29, 1.82) is 0 Å². The molecule has 2 aromatic carbocycles. The highest BCUT2D eigenvalue weighted by Gasteiger charge is 2.39. The second-order valence-corrected chi connectivity index (χ2v) is 7.19. The zero-order valence-corrected chi connectivity index (χ0v) is 16.1. The third-order valence-corrected chi connectivity index (χ3v) is 5.17. The van der Waals surface area contributed by atoms with Crippen LogP contribution in [0, 0.1) is 0 Å². The molecule has 2 heterocycles. The van der Waals surface area contributed by atoms with Crippen LogP contribution in [0.15, 0.2) is 36.4 Å². The number of aliphatic hydroxyl groups is 3. The number of carbonyl (C=O) groups is 1.